The zero-order chi connectivity index (χ0) is 12.1. The minimum Gasteiger partial charge on any atom is -0.466 e. The summed E-state index contributed by atoms with van der Waals surface area (Å²) in [6.45, 7) is 0. The van der Waals surface area contributed by atoms with Gasteiger partial charge in [-0.1, -0.05) is 6.08 Å². The molecule has 17 heavy (non-hydrogen) atoms. The van der Waals surface area contributed by atoms with E-state index in [1.807, 2.05) is 12.2 Å². The topological polar surface area (TPSA) is 61.6 Å². The van der Waals surface area contributed by atoms with Crippen LogP contribution in [0.15, 0.2) is 60.1 Å². The van der Waals surface area contributed by atoms with Crippen molar-refractivity contribution in [3.8, 4) is 0 Å². The van der Waals surface area contributed by atoms with Crippen molar-refractivity contribution in [2.75, 3.05) is 0 Å². The first kappa shape index (κ1) is 11.2. The Kier molecular flexibility index (Phi) is 3.40. The van der Waals surface area contributed by atoms with Crippen molar-refractivity contribution in [2.24, 2.45) is 0 Å². The summed E-state index contributed by atoms with van der Waals surface area (Å²) >= 11 is 0. The second-order valence-corrected chi connectivity index (χ2v) is 3.52. The van der Waals surface area contributed by atoms with Crippen LogP contribution in [0.2, 0.25) is 0 Å². The van der Waals surface area contributed by atoms with Gasteiger partial charge in [0.25, 0.3) is 0 Å². The average Bonchev–Trinajstić information content (AvgIpc) is 2.38. The smallest absolute Gasteiger partial charge is 0.235 e. The van der Waals surface area contributed by atoms with E-state index in [1.165, 1.54) is 24.9 Å². The zero-order valence-corrected chi connectivity index (χ0v) is 9.04. The lowest BCUT2D eigenvalue weighted by Gasteiger charge is -2.15. The quantitative estimate of drug-likeness (QED) is 0.555. The number of allylic oxidation sites excluding steroid dienone is 5. The summed E-state index contributed by atoms with van der Waals surface area (Å²) < 4.78 is 10.3. The summed E-state index contributed by atoms with van der Waals surface area (Å²) in [4.78, 5) is 9.75. The maximum absolute atomic E-state index is 10.2. The summed E-state index contributed by atoms with van der Waals surface area (Å²) in [6.07, 6.45) is 12.3. The summed E-state index contributed by atoms with van der Waals surface area (Å²) in [6, 6.07) is 0. The number of hydrogen-bond donors (Lipinski definition) is 0. The molecule has 0 saturated heterocycles. The van der Waals surface area contributed by atoms with Crippen LogP contribution in [0.4, 0.5) is 0 Å². The Morgan fingerprint density at radius 2 is 2.29 bits per heavy atom. The number of rotatable bonds is 3. The third-order valence-corrected chi connectivity index (χ3v) is 2.34. The fourth-order valence-electron chi connectivity index (χ4n) is 1.60. The van der Waals surface area contributed by atoms with Gasteiger partial charge in [-0.3, -0.25) is 10.1 Å². The van der Waals surface area contributed by atoms with E-state index in [1.54, 1.807) is 0 Å². The number of hydrogen-bond acceptors (Lipinski definition) is 4. The van der Waals surface area contributed by atoms with Crippen LogP contribution in [0.25, 0.3) is 0 Å². The molecule has 0 aromatic carbocycles. The minimum absolute atomic E-state index is 0.481. The Morgan fingerprint density at radius 1 is 1.41 bits per heavy atom. The first-order valence-corrected chi connectivity index (χ1v) is 5.16. The second kappa shape index (κ2) is 5.16. The minimum atomic E-state index is -0.481. The molecule has 1 aliphatic carbocycles. The SMILES string of the molecule is O=[N+]([O-])C=CC1=CCCC(C2=COC=CO2)=C1. The molecule has 88 valence electrons. The first-order valence-electron chi connectivity index (χ1n) is 5.16. The molecule has 0 atom stereocenters. The Labute approximate surface area is 98.2 Å². The number of nitrogens with zero attached hydrogens (tertiary/aromatic N) is 1. The van der Waals surface area contributed by atoms with E-state index in [4.69, 9.17) is 9.47 Å². The van der Waals surface area contributed by atoms with Crippen molar-refractivity contribution < 1.29 is 14.4 Å². The highest BCUT2D eigenvalue weighted by Crippen LogP contribution is 2.26. The van der Waals surface area contributed by atoms with Gasteiger partial charge in [0.05, 0.1) is 4.92 Å². The Morgan fingerprint density at radius 3 is 3.00 bits per heavy atom. The molecular weight excluding hydrogens is 222 g/mol. The average molecular weight is 233 g/mol. The van der Waals surface area contributed by atoms with E-state index in [2.05, 4.69) is 0 Å². The van der Waals surface area contributed by atoms with Gasteiger partial charge in [-0.15, -0.1) is 0 Å². The predicted octanol–water partition coefficient (Wildman–Crippen LogP) is 2.78. The van der Waals surface area contributed by atoms with Crippen LogP contribution < -0.4 is 0 Å². The maximum atomic E-state index is 10.2. The molecule has 0 aromatic heterocycles. The highest BCUT2D eigenvalue weighted by atomic mass is 16.6. The lowest BCUT2D eigenvalue weighted by molar-refractivity contribution is -0.402. The Bertz CT molecular complexity index is 469. The highest BCUT2D eigenvalue weighted by molar-refractivity contribution is 5.42. The largest absolute Gasteiger partial charge is 0.466 e. The summed E-state index contributed by atoms with van der Waals surface area (Å²) in [5.41, 5.74) is 1.78. The maximum Gasteiger partial charge on any atom is 0.235 e. The fraction of sp³-hybridized carbons (Fsp3) is 0.167. The molecule has 5 nitrogen and oxygen atoms in total. The zero-order valence-electron chi connectivity index (χ0n) is 9.04. The van der Waals surface area contributed by atoms with Crippen molar-refractivity contribution in [1.29, 1.82) is 0 Å². The second-order valence-electron chi connectivity index (χ2n) is 3.52. The molecular formula is C12H11NO4. The molecule has 0 spiro atoms. The van der Waals surface area contributed by atoms with E-state index in [0.717, 1.165) is 30.2 Å². The van der Waals surface area contributed by atoms with E-state index < -0.39 is 4.92 Å². The van der Waals surface area contributed by atoms with Crippen molar-refractivity contribution in [1.82, 2.24) is 0 Å². The van der Waals surface area contributed by atoms with Crippen LogP contribution in [0.3, 0.4) is 0 Å². The van der Waals surface area contributed by atoms with E-state index >= 15 is 0 Å². The Balaban J connectivity index is 2.12. The van der Waals surface area contributed by atoms with Crippen LogP contribution in [-0.4, -0.2) is 4.92 Å². The highest BCUT2D eigenvalue weighted by Gasteiger charge is 2.12. The molecule has 0 unspecified atom stereocenters. The van der Waals surface area contributed by atoms with Gasteiger partial charge in [0.1, 0.15) is 18.8 Å². The third-order valence-electron chi connectivity index (χ3n) is 2.34. The van der Waals surface area contributed by atoms with Crippen LogP contribution in [0.1, 0.15) is 12.8 Å². The molecule has 0 aromatic rings. The van der Waals surface area contributed by atoms with Gasteiger partial charge in [0, 0.05) is 6.08 Å². The molecule has 2 aliphatic rings. The van der Waals surface area contributed by atoms with Crippen LogP contribution >= 0.6 is 0 Å². The van der Waals surface area contributed by atoms with Gasteiger partial charge in [0.2, 0.25) is 6.20 Å². The molecule has 2 rings (SSSR count). The van der Waals surface area contributed by atoms with Gasteiger partial charge >= 0.3 is 0 Å². The molecule has 1 heterocycles. The molecule has 0 amide bonds. The van der Waals surface area contributed by atoms with Gasteiger partial charge in [-0.05, 0) is 30.1 Å². The van der Waals surface area contributed by atoms with E-state index in [9.17, 15) is 10.1 Å². The molecule has 0 saturated carbocycles. The Hall–Kier alpha value is -2.30. The van der Waals surface area contributed by atoms with Crippen LogP contribution in [0, 0.1) is 10.1 Å². The molecule has 0 radical (unpaired) electrons. The standard InChI is InChI=1S/C12H11NO4/c14-13(15)5-4-10-2-1-3-11(8-10)12-9-16-6-7-17-12/h2,4-9H,1,3H2. The molecule has 0 N–H and O–H groups in total. The van der Waals surface area contributed by atoms with E-state index in [-0.39, 0.29) is 0 Å². The van der Waals surface area contributed by atoms with Gasteiger partial charge in [-0.2, -0.15) is 0 Å². The molecule has 0 bridgehead atoms. The van der Waals surface area contributed by atoms with Crippen molar-refractivity contribution >= 4 is 0 Å². The molecule has 0 fully saturated rings. The number of ether oxygens (including phenoxy) is 2. The normalized spacial score (nSPS) is 18.9. The van der Waals surface area contributed by atoms with Crippen molar-refractivity contribution in [3.05, 3.63) is 70.2 Å². The molecule has 1 aliphatic heterocycles. The van der Waals surface area contributed by atoms with Crippen molar-refractivity contribution in [3.63, 3.8) is 0 Å². The molecule has 5 heteroatoms. The lowest BCUT2D eigenvalue weighted by atomic mass is 9.98. The van der Waals surface area contributed by atoms with Gasteiger partial charge in [-0.25, -0.2) is 0 Å². The van der Waals surface area contributed by atoms with Crippen molar-refractivity contribution in [2.45, 2.75) is 12.8 Å². The van der Waals surface area contributed by atoms with Gasteiger partial charge in [0.15, 0.2) is 5.76 Å². The third kappa shape index (κ3) is 3.07. The van der Waals surface area contributed by atoms with Crippen LogP contribution in [-0.2, 0) is 9.47 Å². The van der Waals surface area contributed by atoms with Gasteiger partial charge < -0.3 is 9.47 Å². The number of nitro groups is 1. The van der Waals surface area contributed by atoms with Crippen LogP contribution in [0.5, 0.6) is 0 Å². The first-order chi connectivity index (χ1) is 8.25. The fourth-order valence-corrected chi connectivity index (χ4v) is 1.60. The monoisotopic (exact) mass is 233 g/mol. The summed E-state index contributed by atoms with van der Waals surface area (Å²) in [5.74, 6) is 0.646. The predicted molar refractivity (Wildman–Crippen MR) is 60.9 cm³/mol. The van der Waals surface area contributed by atoms with E-state index in [0.29, 0.717) is 5.76 Å². The summed E-state index contributed by atoms with van der Waals surface area (Å²) in [5, 5.41) is 10.2. The summed E-state index contributed by atoms with van der Waals surface area (Å²) in [7, 11) is 0. The lowest BCUT2D eigenvalue weighted by Crippen LogP contribution is -2.00.